The lowest BCUT2D eigenvalue weighted by atomic mass is 9.88. The minimum Gasteiger partial charge on any atom is -0.441 e. The third-order valence-electron chi connectivity index (χ3n) is 6.29. The van der Waals surface area contributed by atoms with Gasteiger partial charge in [-0.2, -0.15) is 0 Å². The van der Waals surface area contributed by atoms with Crippen molar-refractivity contribution in [3.05, 3.63) is 59.2 Å². The number of H-pyrrole nitrogens is 1. The summed E-state index contributed by atoms with van der Waals surface area (Å²) in [6.45, 7) is 2.69. The summed E-state index contributed by atoms with van der Waals surface area (Å²) in [5.74, 6) is 1.18. The summed E-state index contributed by atoms with van der Waals surface area (Å²) in [6, 6.07) is 10.2. The monoisotopic (exact) mass is 372 g/mol. The van der Waals surface area contributed by atoms with Crippen molar-refractivity contribution in [1.29, 1.82) is 0 Å². The molecule has 4 aromatic rings. The van der Waals surface area contributed by atoms with Gasteiger partial charge in [0.05, 0.1) is 17.4 Å². The second kappa shape index (κ2) is 5.67. The highest BCUT2D eigenvalue weighted by atomic mass is 16.3. The van der Waals surface area contributed by atoms with Crippen LogP contribution in [0.1, 0.15) is 46.1 Å². The number of rotatable bonds is 1. The van der Waals surface area contributed by atoms with Crippen LogP contribution in [0, 0.1) is 6.92 Å². The van der Waals surface area contributed by atoms with E-state index < -0.39 is 0 Å². The van der Waals surface area contributed by atoms with Crippen molar-refractivity contribution < 1.29 is 9.21 Å². The van der Waals surface area contributed by atoms with Gasteiger partial charge in [0.15, 0.2) is 11.5 Å². The van der Waals surface area contributed by atoms with Crippen molar-refractivity contribution in [3.8, 4) is 0 Å². The van der Waals surface area contributed by atoms with E-state index in [0.29, 0.717) is 11.8 Å². The maximum atomic E-state index is 13.3. The Morgan fingerprint density at radius 2 is 2.18 bits per heavy atom. The van der Waals surface area contributed by atoms with Crippen molar-refractivity contribution >= 4 is 28.0 Å². The van der Waals surface area contributed by atoms with E-state index in [1.165, 1.54) is 11.1 Å². The number of imidazole rings is 1. The topological polar surface area (TPSA) is 75.0 Å². The lowest BCUT2D eigenvalue weighted by Gasteiger charge is -2.38. The Hall–Kier alpha value is -3.15. The second-order valence-corrected chi connectivity index (χ2v) is 7.90. The number of nitrogens with one attached hydrogen (secondary N) is 1. The van der Waals surface area contributed by atoms with Gasteiger partial charge in [-0.05, 0) is 60.7 Å². The summed E-state index contributed by atoms with van der Waals surface area (Å²) in [5.41, 5.74) is 6.90. The van der Waals surface area contributed by atoms with Crippen LogP contribution in [0.3, 0.4) is 0 Å². The third kappa shape index (κ3) is 2.24. The van der Waals surface area contributed by atoms with E-state index in [0.717, 1.165) is 53.5 Å². The summed E-state index contributed by atoms with van der Waals surface area (Å²) in [6.07, 6.45) is 4.68. The quantitative estimate of drug-likeness (QED) is 0.549. The summed E-state index contributed by atoms with van der Waals surface area (Å²) < 4.78 is 5.75. The maximum Gasteiger partial charge on any atom is 0.254 e. The number of amides is 1. The lowest BCUT2D eigenvalue weighted by molar-refractivity contribution is 0.0595. The molecule has 6 heteroatoms. The number of fused-ring (bicyclic) bond motifs is 5. The van der Waals surface area contributed by atoms with Gasteiger partial charge in [0.1, 0.15) is 5.52 Å². The van der Waals surface area contributed by atoms with Gasteiger partial charge in [0.2, 0.25) is 0 Å². The Bertz CT molecular complexity index is 1240. The molecule has 1 aliphatic heterocycles. The van der Waals surface area contributed by atoms with E-state index in [2.05, 4.69) is 32.0 Å². The smallest absolute Gasteiger partial charge is 0.254 e. The van der Waals surface area contributed by atoms with Gasteiger partial charge in [0, 0.05) is 31.0 Å². The highest BCUT2D eigenvalue weighted by Crippen LogP contribution is 2.44. The number of nitrogens with zero attached hydrogens (tertiary/aromatic N) is 3. The van der Waals surface area contributed by atoms with E-state index in [9.17, 15) is 4.79 Å². The first-order valence-corrected chi connectivity index (χ1v) is 9.81. The van der Waals surface area contributed by atoms with Crippen LogP contribution in [0.15, 0.2) is 41.1 Å². The van der Waals surface area contributed by atoms with Crippen molar-refractivity contribution in [3.63, 3.8) is 0 Å². The first-order chi connectivity index (χ1) is 13.7. The van der Waals surface area contributed by atoms with Gasteiger partial charge >= 0.3 is 0 Å². The maximum absolute atomic E-state index is 13.3. The standard InChI is InChI=1S/C22H20N4O2/c1-12-25-19-8-14-9-20-15(16(14)10-21(19)28-12)3-2-6-26(20)22(27)13-4-5-17-18(7-13)24-11-23-17/h4-5,7-8,10-11,15,20H,2-3,6,9H2,1H3,(H,23,24)/t15-,20+/m0/s1. The summed E-state index contributed by atoms with van der Waals surface area (Å²) >= 11 is 0. The minimum atomic E-state index is 0.108. The lowest BCUT2D eigenvalue weighted by Crippen LogP contribution is -2.46. The first-order valence-electron chi connectivity index (χ1n) is 9.81. The predicted molar refractivity (Wildman–Crippen MR) is 105 cm³/mol. The number of benzene rings is 2. The average molecular weight is 372 g/mol. The molecule has 6 nitrogen and oxygen atoms in total. The summed E-state index contributed by atoms with van der Waals surface area (Å²) in [4.78, 5) is 27.2. The average Bonchev–Trinajstić information content (AvgIpc) is 3.39. The van der Waals surface area contributed by atoms with Crippen LogP contribution in [-0.2, 0) is 6.42 Å². The first kappa shape index (κ1) is 15.9. The molecule has 28 heavy (non-hydrogen) atoms. The molecule has 6 rings (SSSR count). The molecule has 1 amide bonds. The summed E-state index contributed by atoms with van der Waals surface area (Å²) in [5, 5.41) is 0. The van der Waals surface area contributed by atoms with Crippen molar-refractivity contribution in [2.45, 2.75) is 38.1 Å². The van der Waals surface area contributed by atoms with Crippen LogP contribution in [0.5, 0.6) is 0 Å². The third-order valence-corrected chi connectivity index (χ3v) is 6.29. The van der Waals surface area contributed by atoms with E-state index in [-0.39, 0.29) is 11.9 Å². The molecule has 0 bridgehead atoms. The number of aromatic nitrogens is 3. The number of hydrogen-bond acceptors (Lipinski definition) is 4. The Morgan fingerprint density at radius 1 is 1.25 bits per heavy atom. The minimum absolute atomic E-state index is 0.108. The normalized spacial score (nSPS) is 21.2. The van der Waals surface area contributed by atoms with Crippen LogP contribution in [0.2, 0.25) is 0 Å². The SMILES string of the molecule is Cc1nc2cc3c(cc2o1)[C@@H]1CCCN(C(=O)c2ccc4nc[nH]c4c2)[C@@H]1C3. The fraction of sp³-hybridized carbons (Fsp3) is 0.318. The van der Waals surface area contributed by atoms with Crippen LogP contribution < -0.4 is 0 Å². The molecule has 1 N–H and O–H groups in total. The van der Waals surface area contributed by atoms with Gasteiger partial charge in [-0.3, -0.25) is 4.79 Å². The molecule has 0 saturated carbocycles. The van der Waals surface area contributed by atoms with Crippen molar-refractivity contribution in [2.24, 2.45) is 0 Å². The Balaban J connectivity index is 1.36. The molecule has 1 aliphatic carbocycles. The van der Waals surface area contributed by atoms with E-state index in [4.69, 9.17) is 4.42 Å². The number of carbonyl (C=O) groups is 1. The van der Waals surface area contributed by atoms with Crippen LogP contribution in [0.4, 0.5) is 0 Å². The van der Waals surface area contributed by atoms with Gasteiger partial charge in [-0.1, -0.05) is 0 Å². The molecular formula is C22H20N4O2. The Morgan fingerprint density at radius 3 is 3.11 bits per heavy atom. The second-order valence-electron chi connectivity index (χ2n) is 7.90. The molecular weight excluding hydrogens is 352 g/mol. The number of aromatic amines is 1. The van der Waals surface area contributed by atoms with Gasteiger partial charge < -0.3 is 14.3 Å². The number of oxazole rings is 1. The Labute approximate surface area is 161 Å². The van der Waals surface area contributed by atoms with E-state index in [1.54, 1.807) is 6.33 Å². The highest BCUT2D eigenvalue weighted by Gasteiger charge is 2.41. The number of carbonyl (C=O) groups excluding carboxylic acids is 1. The number of hydrogen-bond donors (Lipinski definition) is 1. The molecule has 2 atom stereocenters. The van der Waals surface area contributed by atoms with Crippen LogP contribution >= 0.6 is 0 Å². The van der Waals surface area contributed by atoms with Crippen molar-refractivity contribution in [1.82, 2.24) is 19.9 Å². The molecule has 2 aromatic heterocycles. The highest BCUT2D eigenvalue weighted by molar-refractivity contribution is 5.97. The molecule has 3 heterocycles. The zero-order valence-corrected chi connectivity index (χ0v) is 15.6. The molecule has 0 spiro atoms. The molecule has 2 aromatic carbocycles. The predicted octanol–water partition coefficient (Wildman–Crippen LogP) is 3.96. The molecule has 2 aliphatic rings. The van der Waals surface area contributed by atoms with E-state index in [1.807, 2.05) is 25.1 Å². The fourth-order valence-corrected chi connectivity index (χ4v) is 5.05. The Kier molecular flexibility index (Phi) is 3.21. The molecule has 1 saturated heterocycles. The van der Waals surface area contributed by atoms with Gasteiger partial charge in [-0.25, -0.2) is 9.97 Å². The zero-order valence-electron chi connectivity index (χ0n) is 15.6. The van der Waals surface area contributed by atoms with E-state index >= 15 is 0 Å². The zero-order chi connectivity index (χ0) is 18.8. The number of likely N-dealkylation sites (tertiary alicyclic amines) is 1. The number of piperidine rings is 1. The van der Waals surface area contributed by atoms with Gasteiger partial charge in [0.25, 0.3) is 5.91 Å². The van der Waals surface area contributed by atoms with Crippen LogP contribution in [0.25, 0.3) is 22.1 Å². The van der Waals surface area contributed by atoms with Gasteiger partial charge in [-0.15, -0.1) is 0 Å². The molecule has 140 valence electrons. The van der Waals surface area contributed by atoms with Crippen molar-refractivity contribution in [2.75, 3.05) is 6.54 Å². The van der Waals surface area contributed by atoms with Crippen LogP contribution in [-0.4, -0.2) is 38.3 Å². The molecule has 0 unspecified atom stereocenters. The number of aryl methyl sites for hydroxylation is 1. The fourth-order valence-electron chi connectivity index (χ4n) is 5.05. The largest absolute Gasteiger partial charge is 0.441 e. The molecule has 1 fully saturated rings. The summed E-state index contributed by atoms with van der Waals surface area (Å²) in [7, 11) is 0. The molecule has 0 radical (unpaired) electrons.